The lowest BCUT2D eigenvalue weighted by atomic mass is 9.44. The zero-order chi connectivity index (χ0) is 15.8. The van der Waals surface area contributed by atoms with E-state index in [0.717, 1.165) is 37.5 Å². The maximum Gasteiger partial charge on any atom is 0.133 e. The van der Waals surface area contributed by atoms with Crippen molar-refractivity contribution in [1.82, 2.24) is 0 Å². The molecule has 0 aromatic carbocycles. The van der Waals surface area contributed by atoms with E-state index in [1.165, 1.54) is 32.1 Å². The van der Waals surface area contributed by atoms with Crippen LogP contribution in [0.4, 0.5) is 0 Å². The van der Waals surface area contributed by atoms with Crippen LogP contribution < -0.4 is 0 Å². The summed E-state index contributed by atoms with van der Waals surface area (Å²) in [6.45, 7) is 6.94. The van der Waals surface area contributed by atoms with Gasteiger partial charge in [-0.25, -0.2) is 0 Å². The third-order valence-electron chi connectivity index (χ3n) is 9.04. The van der Waals surface area contributed by atoms with E-state index in [2.05, 4.69) is 20.8 Å². The van der Waals surface area contributed by atoms with Crippen molar-refractivity contribution < 1.29 is 9.90 Å². The van der Waals surface area contributed by atoms with Gasteiger partial charge < -0.3 is 5.11 Å². The first-order chi connectivity index (χ1) is 10.3. The molecule has 0 aliphatic heterocycles. The summed E-state index contributed by atoms with van der Waals surface area (Å²) in [4.78, 5) is 11.9. The molecule has 2 nitrogen and oxygen atoms in total. The first-order valence-corrected chi connectivity index (χ1v) is 9.52. The van der Waals surface area contributed by atoms with Crippen molar-refractivity contribution in [2.45, 2.75) is 84.2 Å². The average molecular weight is 304 g/mol. The molecular weight excluding hydrogens is 272 g/mol. The maximum atomic E-state index is 11.9. The molecule has 4 aliphatic carbocycles. The number of rotatable bonds is 0. The summed E-state index contributed by atoms with van der Waals surface area (Å²) >= 11 is 0. The topological polar surface area (TPSA) is 37.3 Å². The van der Waals surface area contributed by atoms with E-state index in [1.54, 1.807) is 0 Å². The number of ketones is 1. The van der Waals surface area contributed by atoms with E-state index in [4.69, 9.17) is 0 Å². The molecule has 1 N–H and O–H groups in total. The van der Waals surface area contributed by atoms with Crippen LogP contribution in [0.25, 0.3) is 0 Å². The van der Waals surface area contributed by atoms with Gasteiger partial charge in [0.2, 0.25) is 0 Å². The van der Waals surface area contributed by atoms with Crippen molar-refractivity contribution in [3.8, 4) is 0 Å². The molecule has 2 heteroatoms. The number of hydrogen-bond donors (Lipinski definition) is 1. The second-order valence-corrected chi connectivity index (χ2v) is 9.67. The quantitative estimate of drug-likeness (QED) is 0.722. The largest absolute Gasteiger partial charge is 0.390 e. The molecular formula is C20H32O2. The molecule has 0 amide bonds. The molecule has 6 unspecified atom stereocenters. The van der Waals surface area contributed by atoms with Crippen LogP contribution in [0.15, 0.2) is 0 Å². The number of Topliss-reactive ketones (excluding diaryl/α,β-unsaturated/α-hetero) is 1. The Morgan fingerprint density at radius 3 is 2.45 bits per heavy atom. The molecule has 7 atom stereocenters. The highest BCUT2D eigenvalue weighted by Gasteiger charge is 2.63. The monoisotopic (exact) mass is 304 g/mol. The average Bonchev–Trinajstić information content (AvgIpc) is 2.70. The number of carbonyl (C=O) groups excluding carboxylic acids is 1. The molecule has 0 saturated heterocycles. The van der Waals surface area contributed by atoms with Gasteiger partial charge in [-0.1, -0.05) is 13.8 Å². The highest BCUT2D eigenvalue weighted by Crippen LogP contribution is 2.67. The molecule has 0 radical (unpaired) electrons. The van der Waals surface area contributed by atoms with Gasteiger partial charge in [-0.2, -0.15) is 0 Å². The van der Waals surface area contributed by atoms with Gasteiger partial charge in [-0.05, 0) is 86.4 Å². The third kappa shape index (κ3) is 1.79. The lowest BCUT2D eigenvalue weighted by Gasteiger charge is -2.60. The Hall–Kier alpha value is -0.370. The molecule has 0 spiro atoms. The van der Waals surface area contributed by atoms with Crippen molar-refractivity contribution in [2.24, 2.45) is 34.5 Å². The molecule has 0 aromatic heterocycles. The van der Waals surface area contributed by atoms with Gasteiger partial charge in [-0.3, -0.25) is 4.79 Å². The summed E-state index contributed by atoms with van der Waals surface area (Å²) in [5.41, 5.74) is 0.0530. The summed E-state index contributed by atoms with van der Waals surface area (Å²) in [6.07, 6.45) is 9.98. The predicted octanol–water partition coefficient (Wildman–Crippen LogP) is 4.35. The van der Waals surface area contributed by atoms with Crippen molar-refractivity contribution in [1.29, 1.82) is 0 Å². The van der Waals surface area contributed by atoms with Crippen molar-refractivity contribution >= 4 is 5.78 Å². The summed E-state index contributed by atoms with van der Waals surface area (Å²) in [7, 11) is 0. The molecule has 0 aromatic rings. The molecule has 4 rings (SSSR count). The minimum absolute atomic E-state index is 0.127. The lowest BCUT2D eigenvalue weighted by Crippen LogP contribution is -2.55. The summed E-state index contributed by atoms with van der Waals surface area (Å²) in [5.74, 6) is 3.44. The number of hydrogen-bond acceptors (Lipinski definition) is 2. The third-order valence-corrected chi connectivity index (χ3v) is 9.04. The second kappa shape index (κ2) is 4.59. The standard InChI is InChI=1S/C20H32O2/c1-18-9-6-14(21)12-13(18)4-5-15-16(18)7-10-19(2)17(15)8-11-20(19,3)22/h13,15-17,22H,4-12H2,1-3H3/t13-,15?,16?,17?,18?,19?,20?/m0/s1. The molecule has 0 heterocycles. The van der Waals surface area contributed by atoms with Crippen LogP contribution in [-0.2, 0) is 4.79 Å². The highest BCUT2D eigenvalue weighted by molar-refractivity contribution is 5.79. The fourth-order valence-electron chi connectivity index (χ4n) is 7.29. The lowest BCUT2D eigenvalue weighted by molar-refractivity contribution is -0.152. The Balaban J connectivity index is 1.65. The summed E-state index contributed by atoms with van der Waals surface area (Å²) < 4.78 is 0. The van der Waals surface area contributed by atoms with Crippen LogP contribution in [0.1, 0.15) is 78.6 Å². The SMILES string of the molecule is CC12CCC(=O)C[C@@H]1CCC1C2CCC2(C)C1CCC2(C)O. The van der Waals surface area contributed by atoms with E-state index in [1.807, 2.05) is 0 Å². The van der Waals surface area contributed by atoms with Gasteiger partial charge in [0.05, 0.1) is 5.60 Å². The smallest absolute Gasteiger partial charge is 0.133 e. The Morgan fingerprint density at radius 2 is 1.68 bits per heavy atom. The molecule has 0 bridgehead atoms. The Morgan fingerprint density at radius 1 is 0.955 bits per heavy atom. The normalized spacial score (nSPS) is 57.9. The van der Waals surface area contributed by atoms with Crippen molar-refractivity contribution in [2.75, 3.05) is 0 Å². The predicted molar refractivity (Wildman–Crippen MR) is 87.4 cm³/mol. The van der Waals surface area contributed by atoms with Crippen LogP contribution in [0.5, 0.6) is 0 Å². The molecule has 4 aliphatic rings. The molecule has 22 heavy (non-hydrogen) atoms. The van der Waals surface area contributed by atoms with E-state index >= 15 is 0 Å². The minimum Gasteiger partial charge on any atom is -0.390 e. The minimum atomic E-state index is -0.469. The zero-order valence-electron chi connectivity index (χ0n) is 14.5. The van der Waals surface area contributed by atoms with Crippen LogP contribution in [0.3, 0.4) is 0 Å². The molecule has 4 fully saturated rings. The number of aliphatic hydroxyl groups is 1. The summed E-state index contributed by atoms with van der Waals surface area (Å²) in [6, 6.07) is 0. The van der Waals surface area contributed by atoms with Crippen LogP contribution >= 0.6 is 0 Å². The number of fused-ring (bicyclic) bond motifs is 5. The van der Waals surface area contributed by atoms with Gasteiger partial charge >= 0.3 is 0 Å². The van der Waals surface area contributed by atoms with Crippen LogP contribution in [-0.4, -0.2) is 16.5 Å². The molecule has 4 saturated carbocycles. The van der Waals surface area contributed by atoms with E-state index in [0.29, 0.717) is 23.0 Å². The Bertz CT molecular complexity index is 496. The van der Waals surface area contributed by atoms with E-state index < -0.39 is 5.60 Å². The Kier molecular flexibility index (Phi) is 3.16. The van der Waals surface area contributed by atoms with Gasteiger partial charge in [0, 0.05) is 12.8 Å². The first-order valence-electron chi connectivity index (χ1n) is 9.52. The van der Waals surface area contributed by atoms with Crippen molar-refractivity contribution in [3.63, 3.8) is 0 Å². The molecule has 124 valence electrons. The number of carbonyl (C=O) groups is 1. The van der Waals surface area contributed by atoms with E-state index in [-0.39, 0.29) is 5.41 Å². The maximum absolute atomic E-state index is 11.9. The van der Waals surface area contributed by atoms with Crippen LogP contribution in [0.2, 0.25) is 0 Å². The second-order valence-electron chi connectivity index (χ2n) is 9.67. The Labute approximate surface area is 135 Å². The summed E-state index contributed by atoms with van der Waals surface area (Å²) in [5, 5.41) is 10.9. The van der Waals surface area contributed by atoms with Gasteiger partial charge in [0.25, 0.3) is 0 Å². The first kappa shape index (κ1) is 15.2. The van der Waals surface area contributed by atoms with Crippen LogP contribution in [0, 0.1) is 34.5 Å². The van der Waals surface area contributed by atoms with Gasteiger partial charge in [0.1, 0.15) is 5.78 Å². The van der Waals surface area contributed by atoms with Gasteiger partial charge in [-0.15, -0.1) is 0 Å². The zero-order valence-corrected chi connectivity index (χ0v) is 14.5. The highest BCUT2D eigenvalue weighted by atomic mass is 16.3. The fraction of sp³-hybridized carbons (Fsp3) is 0.950. The van der Waals surface area contributed by atoms with E-state index in [9.17, 15) is 9.90 Å². The fourth-order valence-corrected chi connectivity index (χ4v) is 7.29. The van der Waals surface area contributed by atoms with Gasteiger partial charge in [0.15, 0.2) is 0 Å². The van der Waals surface area contributed by atoms with Crippen molar-refractivity contribution in [3.05, 3.63) is 0 Å².